The standard InChI is InChI=1S/C14H17N3O3/c1-18-9-5-6-11(19-2)10(7-9)12(15)13-16-14(20-17-13)8-3-4-8/h5-8,12H,3-4,15H2,1-2H3. The third-order valence-corrected chi connectivity index (χ3v) is 3.43. The van der Waals surface area contributed by atoms with Crippen molar-refractivity contribution < 1.29 is 14.0 Å². The number of hydrogen-bond donors (Lipinski definition) is 1. The maximum absolute atomic E-state index is 6.23. The molecule has 1 aromatic carbocycles. The number of nitrogens with two attached hydrogens (primary N) is 1. The first kappa shape index (κ1) is 12.9. The fourth-order valence-electron chi connectivity index (χ4n) is 2.09. The molecular formula is C14H17N3O3. The van der Waals surface area contributed by atoms with Crippen molar-refractivity contribution in [2.75, 3.05) is 14.2 Å². The molecule has 6 nitrogen and oxygen atoms in total. The lowest BCUT2D eigenvalue weighted by Gasteiger charge is -2.13. The Morgan fingerprint density at radius 3 is 2.75 bits per heavy atom. The zero-order valence-corrected chi connectivity index (χ0v) is 11.5. The van der Waals surface area contributed by atoms with Gasteiger partial charge in [0.25, 0.3) is 0 Å². The topological polar surface area (TPSA) is 83.4 Å². The summed E-state index contributed by atoms with van der Waals surface area (Å²) < 4.78 is 15.8. The zero-order chi connectivity index (χ0) is 14.1. The van der Waals surface area contributed by atoms with E-state index in [1.54, 1.807) is 14.2 Å². The molecule has 0 bridgehead atoms. The lowest BCUT2D eigenvalue weighted by Crippen LogP contribution is -2.15. The lowest BCUT2D eigenvalue weighted by molar-refractivity contribution is 0.370. The van der Waals surface area contributed by atoms with E-state index in [1.165, 1.54) is 0 Å². The van der Waals surface area contributed by atoms with Gasteiger partial charge in [-0.15, -0.1) is 0 Å². The van der Waals surface area contributed by atoms with Gasteiger partial charge in [0, 0.05) is 11.5 Å². The van der Waals surface area contributed by atoms with Crippen LogP contribution in [0.25, 0.3) is 0 Å². The van der Waals surface area contributed by atoms with Crippen LogP contribution in [0, 0.1) is 0 Å². The average molecular weight is 275 g/mol. The van der Waals surface area contributed by atoms with Gasteiger partial charge in [0.2, 0.25) is 5.89 Å². The summed E-state index contributed by atoms with van der Waals surface area (Å²) in [5.74, 6) is 2.95. The van der Waals surface area contributed by atoms with Crippen LogP contribution in [0.2, 0.25) is 0 Å². The summed E-state index contributed by atoms with van der Waals surface area (Å²) in [6, 6.07) is 4.96. The smallest absolute Gasteiger partial charge is 0.229 e. The Hall–Kier alpha value is -2.08. The Morgan fingerprint density at radius 2 is 2.10 bits per heavy atom. The molecule has 0 amide bonds. The maximum atomic E-state index is 6.23. The Labute approximate surface area is 116 Å². The minimum atomic E-state index is -0.503. The van der Waals surface area contributed by atoms with Crippen LogP contribution in [0.1, 0.15) is 42.1 Å². The minimum absolute atomic E-state index is 0.413. The molecule has 106 valence electrons. The van der Waals surface area contributed by atoms with E-state index < -0.39 is 6.04 Å². The summed E-state index contributed by atoms with van der Waals surface area (Å²) in [7, 11) is 3.21. The second kappa shape index (κ2) is 5.13. The molecule has 0 aliphatic heterocycles. The van der Waals surface area contributed by atoms with E-state index in [-0.39, 0.29) is 0 Å². The van der Waals surface area contributed by atoms with Crippen molar-refractivity contribution in [2.24, 2.45) is 5.73 Å². The number of methoxy groups -OCH3 is 2. The minimum Gasteiger partial charge on any atom is -0.497 e. The SMILES string of the molecule is COc1ccc(OC)c(C(N)c2noc(C3CC3)n2)c1. The number of ether oxygens (including phenoxy) is 2. The predicted molar refractivity (Wildman–Crippen MR) is 71.8 cm³/mol. The van der Waals surface area contributed by atoms with Gasteiger partial charge < -0.3 is 19.7 Å². The Balaban J connectivity index is 1.92. The molecule has 0 spiro atoms. The van der Waals surface area contributed by atoms with Crippen LogP contribution in [0.5, 0.6) is 11.5 Å². The Morgan fingerprint density at radius 1 is 1.30 bits per heavy atom. The van der Waals surface area contributed by atoms with E-state index in [0.29, 0.717) is 29.1 Å². The summed E-state index contributed by atoms with van der Waals surface area (Å²) in [5.41, 5.74) is 7.00. The number of nitrogens with zero attached hydrogens (tertiary/aromatic N) is 2. The normalized spacial score (nSPS) is 15.9. The highest BCUT2D eigenvalue weighted by Gasteiger charge is 2.31. The van der Waals surface area contributed by atoms with Crippen LogP contribution in [0.4, 0.5) is 0 Å². The average Bonchev–Trinajstić information content (AvgIpc) is 3.23. The largest absolute Gasteiger partial charge is 0.497 e. The molecule has 1 heterocycles. The zero-order valence-electron chi connectivity index (χ0n) is 11.5. The summed E-state index contributed by atoms with van der Waals surface area (Å²) in [6.07, 6.45) is 2.22. The fraction of sp³-hybridized carbons (Fsp3) is 0.429. The number of hydrogen-bond acceptors (Lipinski definition) is 6. The first-order chi connectivity index (χ1) is 9.72. The van der Waals surface area contributed by atoms with Gasteiger partial charge in [-0.3, -0.25) is 0 Å². The van der Waals surface area contributed by atoms with E-state index in [4.69, 9.17) is 19.7 Å². The Kier molecular flexibility index (Phi) is 3.31. The molecule has 1 fully saturated rings. The van der Waals surface area contributed by atoms with Crippen molar-refractivity contribution in [3.8, 4) is 11.5 Å². The summed E-state index contributed by atoms with van der Waals surface area (Å²) in [6.45, 7) is 0. The van der Waals surface area contributed by atoms with Crippen LogP contribution in [0.3, 0.4) is 0 Å². The molecule has 0 saturated heterocycles. The molecule has 20 heavy (non-hydrogen) atoms. The van der Waals surface area contributed by atoms with Crippen molar-refractivity contribution in [2.45, 2.75) is 24.8 Å². The molecule has 2 aromatic rings. The van der Waals surface area contributed by atoms with Gasteiger partial charge in [0.1, 0.15) is 11.5 Å². The van der Waals surface area contributed by atoms with E-state index in [1.807, 2.05) is 18.2 Å². The van der Waals surface area contributed by atoms with Crippen molar-refractivity contribution in [1.82, 2.24) is 10.1 Å². The van der Waals surface area contributed by atoms with Crippen molar-refractivity contribution in [1.29, 1.82) is 0 Å². The maximum Gasteiger partial charge on any atom is 0.229 e. The van der Waals surface area contributed by atoms with Crippen molar-refractivity contribution in [3.05, 3.63) is 35.5 Å². The highest BCUT2D eigenvalue weighted by atomic mass is 16.5. The number of benzene rings is 1. The monoisotopic (exact) mass is 275 g/mol. The predicted octanol–water partition coefficient (Wildman–Crippen LogP) is 2.01. The second-order valence-electron chi connectivity index (χ2n) is 4.85. The second-order valence-corrected chi connectivity index (χ2v) is 4.85. The summed E-state index contributed by atoms with van der Waals surface area (Å²) in [4.78, 5) is 4.38. The van der Waals surface area contributed by atoms with E-state index in [2.05, 4.69) is 10.1 Å². The van der Waals surface area contributed by atoms with Gasteiger partial charge in [-0.2, -0.15) is 4.98 Å². The van der Waals surface area contributed by atoms with Crippen LogP contribution in [0.15, 0.2) is 22.7 Å². The molecule has 1 aliphatic carbocycles. The highest BCUT2D eigenvalue weighted by molar-refractivity contribution is 5.44. The van der Waals surface area contributed by atoms with Crippen LogP contribution >= 0.6 is 0 Å². The molecule has 1 aromatic heterocycles. The van der Waals surface area contributed by atoms with E-state index in [9.17, 15) is 0 Å². The molecule has 1 aliphatic rings. The van der Waals surface area contributed by atoms with E-state index >= 15 is 0 Å². The third kappa shape index (κ3) is 2.34. The number of aromatic nitrogens is 2. The molecular weight excluding hydrogens is 258 g/mol. The van der Waals surface area contributed by atoms with Crippen LogP contribution in [-0.4, -0.2) is 24.4 Å². The van der Waals surface area contributed by atoms with Crippen LogP contribution in [-0.2, 0) is 0 Å². The molecule has 0 radical (unpaired) electrons. The molecule has 6 heteroatoms. The van der Waals surface area contributed by atoms with Crippen molar-refractivity contribution >= 4 is 0 Å². The molecule has 1 saturated carbocycles. The fourth-order valence-corrected chi connectivity index (χ4v) is 2.09. The van der Waals surface area contributed by atoms with Gasteiger partial charge in [0.15, 0.2) is 5.82 Å². The van der Waals surface area contributed by atoms with Gasteiger partial charge >= 0.3 is 0 Å². The van der Waals surface area contributed by atoms with Crippen LogP contribution < -0.4 is 15.2 Å². The lowest BCUT2D eigenvalue weighted by atomic mass is 10.1. The first-order valence-electron chi connectivity index (χ1n) is 6.54. The van der Waals surface area contributed by atoms with Gasteiger partial charge in [-0.05, 0) is 31.0 Å². The summed E-state index contributed by atoms with van der Waals surface area (Å²) in [5, 5.41) is 3.98. The first-order valence-corrected chi connectivity index (χ1v) is 6.54. The van der Waals surface area contributed by atoms with Gasteiger partial charge in [-0.25, -0.2) is 0 Å². The quantitative estimate of drug-likeness (QED) is 0.898. The Bertz CT molecular complexity index is 607. The third-order valence-electron chi connectivity index (χ3n) is 3.43. The summed E-state index contributed by atoms with van der Waals surface area (Å²) >= 11 is 0. The number of rotatable bonds is 5. The highest BCUT2D eigenvalue weighted by Crippen LogP contribution is 2.39. The molecule has 1 atom stereocenters. The molecule has 3 rings (SSSR count). The van der Waals surface area contributed by atoms with E-state index in [0.717, 1.165) is 18.4 Å². The molecule has 2 N–H and O–H groups in total. The van der Waals surface area contributed by atoms with Crippen molar-refractivity contribution in [3.63, 3.8) is 0 Å². The van der Waals surface area contributed by atoms with Gasteiger partial charge in [0.05, 0.1) is 20.3 Å². The van der Waals surface area contributed by atoms with Gasteiger partial charge in [-0.1, -0.05) is 5.16 Å². The molecule has 1 unspecified atom stereocenters.